The number of hydrogen-bond donors (Lipinski definition) is 1. The van der Waals surface area contributed by atoms with Crippen molar-refractivity contribution in [1.82, 2.24) is 15.1 Å². The monoisotopic (exact) mass is 371 g/mol. The predicted molar refractivity (Wildman–Crippen MR) is 108 cm³/mol. The van der Waals surface area contributed by atoms with Crippen LogP contribution < -0.4 is 5.32 Å². The Kier molecular flexibility index (Phi) is 6.40. The standard InChI is InChI=1S/C22H33N3O2/c1-16(2)23-22(27)25-11-5-8-20(15-25)18-6-4-7-19(14-18)21(26)24-12-9-17(3)10-13-24/h4,6-7,14,16-17,20H,5,8-13,15H2,1-3H3,(H,23,27). The van der Waals surface area contributed by atoms with Gasteiger partial charge < -0.3 is 15.1 Å². The number of carbonyl (C=O) groups excluding carboxylic acids is 2. The largest absolute Gasteiger partial charge is 0.339 e. The summed E-state index contributed by atoms with van der Waals surface area (Å²) in [7, 11) is 0. The number of hydrogen-bond acceptors (Lipinski definition) is 2. The highest BCUT2D eigenvalue weighted by atomic mass is 16.2. The molecule has 1 aromatic rings. The zero-order valence-electron chi connectivity index (χ0n) is 16.9. The molecule has 2 fully saturated rings. The van der Waals surface area contributed by atoms with Crippen LogP contribution in [0.1, 0.15) is 68.3 Å². The van der Waals surface area contributed by atoms with Gasteiger partial charge in [-0.05, 0) is 63.1 Å². The maximum atomic E-state index is 12.9. The summed E-state index contributed by atoms with van der Waals surface area (Å²) in [6.45, 7) is 9.46. The summed E-state index contributed by atoms with van der Waals surface area (Å²) in [6, 6.07) is 8.23. The lowest BCUT2D eigenvalue weighted by Crippen LogP contribution is -2.47. The molecular weight excluding hydrogens is 338 g/mol. The van der Waals surface area contributed by atoms with Crippen LogP contribution in [0.4, 0.5) is 4.79 Å². The van der Waals surface area contributed by atoms with Crippen LogP contribution in [0.3, 0.4) is 0 Å². The summed E-state index contributed by atoms with van der Waals surface area (Å²) < 4.78 is 0. The molecule has 1 unspecified atom stereocenters. The van der Waals surface area contributed by atoms with E-state index in [1.807, 2.05) is 35.8 Å². The fraction of sp³-hybridized carbons (Fsp3) is 0.636. The summed E-state index contributed by atoms with van der Waals surface area (Å²) in [5, 5.41) is 2.99. The zero-order valence-corrected chi connectivity index (χ0v) is 16.9. The minimum absolute atomic E-state index is 0.0179. The molecule has 3 amide bonds. The van der Waals surface area contributed by atoms with Gasteiger partial charge in [-0.25, -0.2) is 4.79 Å². The molecule has 0 spiro atoms. The van der Waals surface area contributed by atoms with Crippen molar-refractivity contribution in [1.29, 1.82) is 0 Å². The van der Waals surface area contributed by atoms with E-state index in [2.05, 4.69) is 24.4 Å². The fourth-order valence-corrected chi connectivity index (χ4v) is 4.09. The van der Waals surface area contributed by atoms with Crippen LogP contribution in [0, 0.1) is 5.92 Å². The van der Waals surface area contributed by atoms with Gasteiger partial charge in [0, 0.05) is 43.7 Å². The van der Waals surface area contributed by atoms with E-state index in [0.29, 0.717) is 11.8 Å². The lowest BCUT2D eigenvalue weighted by molar-refractivity contribution is 0.0697. The second-order valence-corrected chi connectivity index (χ2v) is 8.49. The molecule has 1 atom stereocenters. The highest BCUT2D eigenvalue weighted by molar-refractivity contribution is 5.94. The van der Waals surface area contributed by atoms with Crippen LogP contribution in [-0.4, -0.2) is 54.0 Å². The number of urea groups is 1. The SMILES string of the molecule is CC1CCN(C(=O)c2cccc(C3CCCN(C(=O)NC(C)C)C3)c2)CC1. The van der Waals surface area contributed by atoms with E-state index in [1.165, 1.54) is 5.56 Å². The van der Waals surface area contributed by atoms with E-state index in [-0.39, 0.29) is 18.0 Å². The van der Waals surface area contributed by atoms with Crippen LogP contribution in [0.25, 0.3) is 0 Å². The number of amides is 3. The van der Waals surface area contributed by atoms with Gasteiger partial charge in [-0.2, -0.15) is 0 Å². The number of nitrogens with zero attached hydrogens (tertiary/aromatic N) is 2. The second-order valence-electron chi connectivity index (χ2n) is 8.49. The lowest BCUT2D eigenvalue weighted by Gasteiger charge is -2.34. The molecule has 1 N–H and O–H groups in total. The van der Waals surface area contributed by atoms with Crippen molar-refractivity contribution in [2.24, 2.45) is 5.92 Å². The quantitative estimate of drug-likeness (QED) is 0.877. The van der Waals surface area contributed by atoms with Gasteiger partial charge in [0.05, 0.1) is 0 Å². The summed E-state index contributed by atoms with van der Waals surface area (Å²) >= 11 is 0. The highest BCUT2D eigenvalue weighted by Crippen LogP contribution is 2.28. The Morgan fingerprint density at radius 3 is 2.52 bits per heavy atom. The van der Waals surface area contributed by atoms with Gasteiger partial charge in [-0.1, -0.05) is 19.1 Å². The Hall–Kier alpha value is -2.04. The van der Waals surface area contributed by atoms with Gasteiger partial charge in [0.2, 0.25) is 0 Å². The Labute approximate surface area is 163 Å². The van der Waals surface area contributed by atoms with E-state index in [9.17, 15) is 9.59 Å². The topological polar surface area (TPSA) is 52.7 Å². The molecule has 2 aliphatic rings. The summed E-state index contributed by atoms with van der Waals surface area (Å²) in [5.41, 5.74) is 1.96. The molecule has 0 aliphatic carbocycles. The number of likely N-dealkylation sites (tertiary alicyclic amines) is 2. The van der Waals surface area contributed by atoms with Gasteiger partial charge in [0.1, 0.15) is 0 Å². The zero-order chi connectivity index (χ0) is 19.4. The van der Waals surface area contributed by atoms with Crippen LogP contribution >= 0.6 is 0 Å². The Morgan fingerprint density at radius 1 is 1.07 bits per heavy atom. The molecular formula is C22H33N3O2. The molecule has 2 heterocycles. The number of rotatable bonds is 3. The smallest absolute Gasteiger partial charge is 0.317 e. The normalized spacial score (nSPS) is 21.4. The molecule has 2 aliphatic heterocycles. The molecule has 0 aromatic heterocycles. The predicted octanol–water partition coefficient (Wildman–Crippen LogP) is 3.86. The second kappa shape index (κ2) is 8.77. The third-order valence-corrected chi connectivity index (χ3v) is 5.80. The van der Waals surface area contributed by atoms with Gasteiger partial charge in [0.15, 0.2) is 0 Å². The molecule has 2 saturated heterocycles. The minimum Gasteiger partial charge on any atom is -0.339 e. The minimum atomic E-state index is 0.0179. The first kappa shape index (κ1) is 19.7. The number of carbonyl (C=O) groups is 2. The van der Waals surface area contributed by atoms with Crippen molar-refractivity contribution < 1.29 is 9.59 Å². The average Bonchev–Trinajstić information content (AvgIpc) is 2.68. The maximum Gasteiger partial charge on any atom is 0.317 e. The third-order valence-electron chi connectivity index (χ3n) is 5.80. The average molecular weight is 372 g/mol. The first-order valence-electron chi connectivity index (χ1n) is 10.4. The first-order valence-corrected chi connectivity index (χ1v) is 10.4. The van der Waals surface area contributed by atoms with Crippen molar-refractivity contribution in [3.63, 3.8) is 0 Å². The lowest BCUT2D eigenvalue weighted by atomic mass is 9.89. The van der Waals surface area contributed by atoms with Crippen molar-refractivity contribution in [3.05, 3.63) is 35.4 Å². The summed E-state index contributed by atoms with van der Waals surface area (Å²) in [6.07, 6.45) is 4.24. The fourth-order valence-electron chi connectivity index (χ4n) is 4.09. The molecule has 1 aromatic carbocycles. The molecule has 5 nitrogen and oxygen atoms in total. The van der Waals surface area contributed by atoms with E-state index in [1.54, 1.807) is 0 Å². The number of nitrogens with one attached hydrogen (secondary N) is 1. The molecule has 0 bridgehead atoms. The summed E-state index contributed by atoms with van der Waals surface area (Å²) in [4.78, 5) is 29.1. The molecule has 3 rings (SSSR count). The molecule has 148 valence electrons. The summed E-state index contributed by atoms with van der Waals surface area (Å²) in [5.74, 6) is 1.16. The Balaban J connectivity index is 1.67. The van der Waals surface area contributed by atoms with E-state index >= 15 is 0 Å². The van der Waals surface area contributed by atoms with E-state index < -0.39 is 0 Å². The van der Waals surface area contributed by atoms with Crippen molar-refractivity contribution in [3.8, 4) is 0 Å². The number of piperidine rings is 2. The van der Waals surface area contributed by atoms with Gasteiger partial charge >= 0.3 is 6.03 Å². The van der Waals surface area contributed by atoms with Gasteiger partial charge in [-0.3, -0.25) is 4.79 Å². The molecule has 0 radical (unpaired) electrons. The maximum absolute atomic E-state index is 12.9. The van der Waals surface area contributed by atoms with Gasteiger partial charge in [-0.15, -0.1) is 0 Å². The van der Waals surface area contributed by atoms with Crippen molar-refractivity contribution in [2.75, 3.05) is 26.2 Å². The number of benzene rings is 1. The Morgan fingerprint density at radius 2 is 1.81 bits per heavy atom. The van der Waals surface area contributed by atoms with E-state index in [0.717, 1.165) is 57.4 Å². The van der Waals surface area contributed by atoms with Crippen LogP contribution in [0.2, 0.25) is 0 Å². The molecule has 27 heavy (non-hydrogen) atoms. The third kappa shape index (κ3) is 5.02. The van der Waals surface area contributed by atoms with Crippen molar-refractivity contribution in [2.45, 2.75) is 58.4 Å². The van der Waals surface area contributed by atoms with Gasteiger partial charge in [0.25, 0.3) is 5.91 Å². The molecule has 5 heteroatoms. The molecule has 0 saturated carbocycles. The van der Waals surface area contributed by atoms with Crippen LogP contribution in [0.5, 0.6) is 0 Å². The van der Waals surface area contributed by atoms with Crippen LogP contribution in [-0.2, 0) is 0 Å². The van der Waals surface area contributed by atoms with E-state index in [4.69, 9.17) is 0 Å². The highest BCUT2D eigenvalue weighted by Gasteiger charge is 2.26. The van der Waals surface area contributed by atoms with Crippen LogP contribution in [0.15, 0.2) is 24.3 Å². The Bertz CT molecular complexity index is 665. The van der Waals surface area contributed by atoms with Crippen molar-refractivity contribution >= 4 is 11.9 Å². The first-order chi connectivity index (χ1) is 12.9.